The van der Waals surface area contributed by atoms with Crippen molar-refractivity contribution in [3.05, 3.63) is 0 Å². The number of thioether (sulfide) groups is 1. The summed E-state index contributed by atoms with van der Waals surface area (Å²) in [5.74, 6) is -0.765. The lowest BCUT2D eigenvalue weighted by molar-refractivity contribution is -0.142. The molecule has 1 saturated carbocycles. The molecule has 0 radical (unpaired) electrons. The van der Waals surface area contributed by atoms with Gasteiger partial charge in [-0.15, -0.1) is 11.8 Å². The molecule has 0 spiro atoms. The van der Waals surface area contributed by atoms with E-state index in [9.17, 15) is 4.79 Å². The van der Waals surface area contributed by atoms with E-state index in [4.69, 9.17) is 5.11 Å². The summed E-state index contributed by atoms with van der Waals surface area (Å²) in [4.78, 5) is 15.3. The molecule has 0 aromatic heterocycles. The van der Waals surface area contributed by atoms with Crippen LogP contribution in [0, 0.1) is 5.92 Å². The molecule has 1 fully saturated rings. The molecule has 2 rings (SSSR count). The van der Waals surface area contributed by atoms with E-state index in [1.54, 1.807) is 11.8 Å². The summed E-state index contributed by atoms with van der Waals surface area (Å²) < 4.78 is 0. The van der Waals surface area contributed by atoms with Crippen molar-refractivity contribution in [3.8, 4) is 0 Å². The van der Waals surface area contributed by atoms with Gasteiger partial charge in [-0.3, -0.25) is 9.79 Å². The molecule has 1 heterocycles. The van der Waals surface area contributed by atoms with Gasteiger partial charge >= 0.3 is 5.97 Å². The average molecular weight is 199 g/mol. The Morgan fingerprint density at radius 3 is 3.08 bits per heavy atom. The molecular formula is C9H13NO2S. The van der Waals surface area contributed by atoms with Crippen molar-refractivity contribution < 1.29 is 9.90 Å². The van der Waals surface area contributed by atoms with Gasteiger partial charge < -0.3 is 5.11 Å². The van der Waals surface area contributed by atoms with Crippen molar-refractivity contribution in [2.75, 3.05) is 0 Å². The first-order valence-corrected chi connectivity index (χ1v) is 5.48. The van der Waals surface area contributed by atoms with Crippen molar-refractivity contribution in [2.45, 2.75) is 37.5 Å². The quantitative estimate of drug-likeness (QED) is 0.700. The Bertz CT molecular complexity index is 264. The number of carboxylic acids is 1. The molecule has 1 aliphatic heterocycles. The molecule has 1 N–H and O–H groups in total. The first-order chi connectivity index (χ1) is 6.16. The number of rotatable bonds is 1. The highest BCUT2D eigenvalue weighted by Gasteiger charge is 2.37. The highest BCUT2D eigenvalue weighted by atomic mass is 32.2. The maximum absolute atomic E-state index is 10.8. The van der Waals surface area contributed by atoms with Gasteiger partial charge in [-0.25, -0.2) is 0 Å². The number of carboxylic acid groups (broad SMARTS) is 1. The summed E-state index contributed by atoms with van der Waals surface area (Å²) in [7, 11) is 0. The Morgan fingerprint density at radius 2 is 2.38 bits per heavy atom. The van der Waals surface area contributed by atoms with Crippen molar-refractivity contribution >= 4 is 22.8 Å². The van der Waals surface area contributed by atoms with Crippen LogP contribution in [0.3, 0.4) is 0 Å². The third kappa shape index (κ3) is 1.73. The van der Waals surface area contributed by atoms with Crippen molar-refractivity contribution in [1.82, 2.24) is 0 Å². The molecule has 0 aromatic carbocycles. The minimum absolute atomic E-state index is 0.130. The maximum atomic E-state index is 10.8. The summed E-state index contributed by atoms with van der Waals surface area (Å²) in [6.45, 7) is 2.01. The Morgan fingerprint density at radius 1 is 1.62 bits per heavy atom. The van der Waals surface area contributed by atoms with E-state index in [0.29, 0.717) is 11.3 Å². The van der Waals surface area contributed by atoms with Crippen LogP contribution in [0.1, 0.15) is 26.2 Å². The maximum Gasteiger partial charge on any atom is 0.306 e. The van der Waals surface area contributed by atoms with Gasteiger partial charge in [0.05, 0.1) is 17.0 Å². The van der Waals surface area contributed by atoms with Crippen LogP contribution in [0.2, 0.25) is 0 Å². The lowest BCUT2D eigenvalue weighted by atomic mass is 9.86. The Balaban J connectivity index is 2.01. The zero-order valence-corrected chi connectivity index (χ0v) is 8.38. The molecule has 3 unspecified atom stereocenters. The topological polar surface area (TPSA) is 49.7 Å². The second-order valence-corrected chi connectivity index (χ2v) is 5.15. The molecule has 0 bridgehead atoms. The molecule has 0 aromatic rings. The zero-order valence-electron chi connectivity index (χ0n) is 7.56. The van der Waals surface area contributed by atoms with Crippen LogP contribution in [0.4, 0.5) is 0 Å². The predicted molar refractivity (Wildman–Crippen MR) is 53.3 cm³/mol. The van der Waals surface area contributed by atoms with E-state index in [-0.39, 0.29) is 5.92 Å². The molecule has 0 amide bonds. The number of fused-ring (bicyclic) bond motifs is 1. The van der Waals surface area contributed by atoms with Gasteiger partial charge in [-0.05, 0) is 26.2 Å². The monoisotopic (exact) mass is 199 g/mol. The largest absolute Gasteiger partial charge is 0.481 e. The van der Waals surface area contributed by atoms with Gasteiger partial charge in [-0.1, -0.05) is 0 Å². The number of aliphatic carboxylic acids is 1. The van der Waals surface area contributed by atoms with Crippen LogP contribution in [0.25, 0.3) is 0 Å². The van der Waals surface area contributed by atoms with Crippen LogP contribution in [-0.2, 0) is 4.79 Å². The lowest BCUT2D eigenvalue weighted by Gasteiger charge is -2.27. The van der Waals surface area contributed by atoms with E-state index >= 15 is 0 Å². The Hall–Kier alpha value is -0.510. The first kappa shape index (κ1) is 9.06. The molecular weight excluding hydrogens is 186 g/mol. The third-order valence-electron chi connectivity index (χ3n) is 2.78. The molecule has 0 saturated heterocycles. The predicted octanol–water partition coefficient (Wildman–Crippen LogP) is 1.77. The highest BCUT2D eigenvalue weighted by Crippen LogP contribution is 2.39. The van der Waals surface area contributed by atoms with Gasteiger partial charge in [0, 0.05) is 5.25 Å². The molecule has 1 aliphatic carbocycles. The smallest absolute Gasteiger partial charge is 0.306 e. The lowest BCUT2D eigenvalue weighted by Crippen LogP contribution is -2.31. The third-order valence-corrected chi connectivity index (χ3v) is 4.03. The van der Waals surface area contributed by atoms with Crippen LogP contribution >= 0.6 is 11.8 Å². The van der Waals surface area contributed by atoms with Crippen LogP contribution in [-0.4, -0.2) is 27.4 Å². The molecule has 4 heteroatoms. The van der Waals surface area contributed by atoms with Gasteiger partial charge in [0.1, 0.15) is 0 Å². The SMILES string of the molecule is CC1=NC2CCC(C(=O)O)CC2S1. The van der Waals surface area contributed by atoms with Gasteiger partial charge in [-0.2, -0.15) is 0 Å². The zero-order chi connectivity index (χ0) is 9.42. The fourth-order valence-corrected chi connectivity index (χ4v) is 3.41. The number of hydrogen-bond donors (Lipinski definition) is 1. The summed E-state index contributed by atoms with van der Waals surface area (Å²) in [5, 5.41) is 10.4. The molecule has 3 atom stereocenters. The normalized spacial score (nSPS) is 38.2. The minimum atomic E-state index is -0.636. The molecule has 72 valence electrons. The van der Waals surface area contributed by atoms with Crippen molar-refractivity contribution in [1.29, 1.82) is 0 Å². The van der Waals surface area contributed by atoms with E-state index in [0.717, 1.165) is 24.3 Å². The Labute approximate surface area is 81.6 Å². The summed E-state index contributed by atoms with van der Waals surface area (Å²) in [6, 6.07) is 0.403. The molecule has 2 aliphatic rings. The van der Waals surface area contributed by atoms with E-state index in [2.05, 4.69) is 4.99 Å². The fraction of sp³-hybridized carbons (Fsp3) is 0.778. The summed E-state index contributed by atoms with van der Waals surface area (Å²) >= 11 is 1.76. The van der Waals surface area contributed by atoms with E-state index in [1.807, 2.05) is 6.92 Å². The van der Waals surface area contributed by atoms with Gasteiger partial charge in [0.25, 0.3) is 0 Å². The fourth-order valence-electron chi connectivity index (χ4n) is 2.09. The number of aliphatic imine (C=N–C) groups is 1. The number of hydrogen-bond acceptors (Lipinski definition) is 3. The van der Waals surface area contributed by atoms with Gasteiger partial charge in [0.15, 0.2) is 0 Å². The minimum Gasteiger partial charge on any atom is -0.481 e. The first-order valence-electron chi connectivity index (χ1n) is 4.60. The highest BCUT2D eigenvalue weighted by molar-refractivity contribution is 8.14. The molecule has 13 heavy (non-hydrogen) atoms. The second-order valence-electron chi connectivity index (χ2n) is 3.72. The summed E-state index contributed by atoms with van der Waals surface area (Å²) in [6.07, 6.45) is 2.55. The summed E-state index contributed by atoms with van der Waals surface area (Å²) in [5.41, 5.74) is 0. The standard InChI is InChI=1S/C9H13NO2S/c1-5-10-7-3-2-6(9(11)12)4-8(7)13-5/h6-8H,2-4H2,1H3,(H,11,12). The van der Waals surface area contributed by atoms with Crippen molar-refractivity contribution in [2.24, 2.45) is 10.9 Å². The average Bonchev–Trinajstić information content (AvgIpc) is 2.42. The van der Waals surface area contributed by atoms with Crippen LogP contribution < -0.4 is 0 Å². The van der Waals surface area contributed by atoms with E-state index in [1.165, 1.54) is 0 Å². The van der Waals surface area contributed by atoms with Gasteiger partial charge in [0.2, 0.25) is 0 Å². The van der Waals surface area contributed by atoms with Crippen molar-refractivity contribution in [3.63, 3.8) is 0 Å². The van der Waals surface area contributed by atoms with Crippen LogP contribution in [0.15, 0.2) is 4.99 Å². The van der Waals surface area contributed by atoms with E-state index < -0.39 is 5.97 Å². The molecule has 3 nitrogen and oxygen atoms in total. The number of nitrogens with zero attached hydrogens (tertiary/aromatic N) is 1. The number of carbonyl (C=O) groups is 1. The second kappa shape index (κ2) is 3.33. The Kier molecular flexibility index (Phi) is 2.32. The van der Waals surface area contributed by atoms with Crippen LogP contribution in [0.5, 0.6) is 0 Å².